The molecule has 2 amide bonds. The Bertz CT molecular complexity index is 883. The molecule has 3 heterocycles. The maximum Gasteiger partial charge on any atom is 0.322 e. The van der Waals surface area contributed by atoms with Gasteiger partial charge in [0.05, 0.1) is 31.7 Å². The summed E-state index contributed by atoms with van der Waals surface area (Å²) in [5.41, 5.74) is 2.78. The van der Waals surface area contributed by atoms with E-state index < -0.39 is 0 Å². The number of nitrogens with one attached hydrogen (secondary N) is 1. The number of methoxy groups -OCH3 is 1. The number of hydrogen-bond acceptors (Lipinski definition) is 5. The number of likely N-dealkylation sites (tertiary alicyclic amines) is 1. The molecule has 1 unspecified atom stereocenters. The standard InChI is InChI=1S/C23H30N4O3/c1-17-21(8-9-22(24-17)26-11-13-30-14-12-26)25-23(28)27-10-4-6-19(27)15-18-5-3-7-20(16-18)29-2/h3,5,7-9,16,19H,4,6,10-15H2,1-2H3,(H,25,28). The zero-order valence-corrected chi connectivity index (χ0v) is 17.8. The predicted molar refractivity (Wildman–Crippen MR) is 117 cm³/mol. The summed E-state index contributed by atoms with van der Waals surface area (Å²) in [4.78, 5) is 21.9. The van der Waals surface area contributed by atoms with Gasteiger partial charge in [-0.15, -0.1) is 0 Å². The Kier molecular flexibility index (Phi) is 6.38. The van der Waals surface area contributed by atoms with E-state index in [0.29, 0.717) is 0 Å². The molecule has 0 spiro atoms. The van der Waals surface area contributed by atoms with Gasteiger partial charge in [0, 0.05) is 25.7 Å². The highest BCUT2D eigenvalue weighted by Gasteiger charge is 2.29. The Morgan fingerprint density at radius 3 is 2.83 bits per heavy atom. The van der Waals surface area contributed by atoms with E-state index in [2.05, 4.69) is 16.3 Å². The lowest BCUT2D eigenvalue weighted by Crippen LogP contribution is -2.40. The van der Waals surface area contributed by atoms with Crippen molar-refractivity contribution in [2.75, 3.05) is 50.2 Å². The summed E-state index contributed by atoms with van der Waals surface area (Å²) in [6.07, 6.45) is 2.87. The molecule has 1 atom stereocenters. The number of aryl methyl sites for hydroxylation is 1. The third kappa shape index (κ3) is 4.67. The molecule has 7 nitrogen and oxygen atoms in total. The third-order valence-electron chi connectivity index (χ3n) is 5.89. The number of rotatable bonds is 5. The number of aromatic nitrogens is 1. The van der Waals surface area contributed by atoms with E-state index in [1.54, 1.807) is 7.11 Å². The van der Waals surface area contributed by atoms with Gasteiger partial charge in [-0.3, -0.25) is 0 Å². The number of morpholine rings is 1. The molecule has 0 saturated carbocycles. The van der Waals surface area contributed by atoms with E-state index in [-0.39, 0.29) is 12.1 Å². The SMILES string of the molecule is COc1cccc(CC2CCCN2C(=O)Nc2ccc(N3CCOCC3)nc2C)c1. The first-order valence-corrected chi connectivity index (χ1v) is 10.6. The zero-order chi connectivity index (χ0) is 20.9. The average Bonchev–Trinajstić information content (AvgIpc) is 3.24. The van der Waals surface area contributed by atoms with E-state index in [9.17, 15) is 4.79 Å². The van der Waals surface area contributed by atoms with Crippen LogP contribution in [0, 0.1) is 6.92 Å². The Hall–Kier alpha value is -2.80. The molecule has 2 aliphatic rings. The van der Waals surface area contributed by atoms with Gasteiger partial charge in [0.1, 0.15) is 11.6 Å². The first kappa shape index (κ1) is 20.5. The summed E-state index contributed by atoms with van der Waals surface area (Å²) < 4.78 is 10.7. The van der Waals surface area contributed by atoms with Crippen LogP contribution in [0.25, 0.3) is 0 Å². The molecule has 2 saturated heterocycles. The summed E-state index contributed by atoms with van der Waals surface area (Å²) in [7, 11) is 1.68. The van der Waals surface area contributed by atoms with E-state index >= 15 is 0 Å². The lowest BCUT2D eigenvalue weighted by atomic mass is 10.0. The van der Waals surface area contributed by atoms with Crippen molar-refractivity contribution in [2.45, 2.75) is 32.2 Å². The lowest BCUT2D eigenvalue weighted by Gasteiger charge is -2.28. The quantitative estimate of drug-likeness (QED) is 0.818. The van der Waals surface area contributed by atoms with Crippen LogP contribution in [-0.2, 0) is 11.2 Å². The van der Waals surface area contributed by atoms with Crippen LogP contribution in [0.5, 0.6) is 5.75 Å². The van der Waals surface area contributed by atoms with Crippen molar-refractivity contribution >= 4 is 17.5 Å². The number of amides is 2. The molecule has 0 aliphatic carbocycles. The first-order chi connectivity index (χ1) is 14.6. The van der Waals surface area contributed by atoms with E-state index in [1.165, 1.54) is 5.56 Å². The van der Waals surface area contributed by atoms with Gasteiger partial charge in [-0.1, -0.05) is 12.1 Å². The molecule has 2 aliphatic heterocycles. The zero-order valence-electron chi connectivity index (χ0n) is 17.8. The minimum absolute atomic E-state index is 0.0515. The molecule has 1 aromatic carbocycles. The Morgan fingerprint density at radius 2 is 2.07 bits per heavy atom. The van der Waals surface area contributed by atoms with Gasteiger partial charge in [0.25, 0.3) is 0 Å². The number of urea groups is 1. The second-order valence-corrected chi connectivity index (χ2v) is 7.88. The Balaban J connectivity index is 1.41. The third-order valence-corrected chi connectivity index (χ3v) is 5.89. The summed E-state index contributed by atoms with van der Waals surface area (Å²) in [6, 6.07) is 12.2. The van der Waals surface area contributed by atoms with Gasteiger partial charge in [-0.05, 0) is 56.0 Å². The van der Waals surface area contributed by atoms with Gasteiger partial charge in [0.15, 0.2) is 0 Å². The van der Waals surface area contributed by atoms with Crippen LogP contribution in [0.1, 0.15) is 24.1 Å². The molecule has 2 fully saturated rings. The highest BCUT2D eigenvalue weighted by molar-refractivity contribution is 5.90. The maximum absolute atomic E-state index is 13.0. The van der Waals surface area contributed by atoms with Crippen molar-refractivity contribution in [3.8, 4) is 5.75 Å². The largest absolute Gasteiger partial charge is 0.497 e. The first-order valence-electron chi connectivity index (χ1n) is 10.6. The smallest absolute Gasteiger partial charge is 0.322 e. The van der Waals surface area contributed by atoms with Crippen LogP contribution in [0.4, 0.5) is 16.3 Å². The summed E-state index contributed by atoms with van der Waals surface area (Å²) in [5.74, 6) is 1.79. The van der Waals surface area contributed by atoms with Crippen LogP contribution in [-0.4, -0.2) is 61.9 Å². The van der Waals surface area contributed by atoms with Crippen molar-refractivity contribution in [3.63, 3.8) is 0 Å². The molecule has 0 bridgehead atoms. The Morgan fingerprint density at radius 1 is 1.23 bits per heavy atom. The molecule has 1 N–H and O–H groups in total. The van der Waals surface area contributed by atoms with Crippen LogP contribution >= 0.6 is 0 Å². The van der Waals surface area contributed by atoms with Crippen LogP contribution in [0.2, 0.25) is 0 Å². The van der Waals surface area contributed by atoms with Crippen molar-refractivity contribution in [2.24, 2.45) is 0 Å². The van der Waals surface area contributed by atoms with Gasteiger partial charge >= 0.3 is 6.03 Å². The van der Waals surface area contributed by atoms with E-state index in [0.717, 1.165) is 75.1 Å². The van der Waals surface area contributed by atoms with Crippen molar-refractivity contribution < 1.29 is 14.3 Å². The minimum Gasteiger partial charge on any atom is -0.497 e. The fraction of sp³-hybridized carbons (Fsp3) is 0.478. The average molecular weight is 411 g/mol. The van der Waals surface area contributed by atoms with Gasteiger partial charge < -0.3 is 24.6 Å². The fourth-order valence-electron chi connectivity index (χ4n) is 4.22. The van der Waals surface area contributed by atoms with Gasteiger partial charge in [-0.2, -0.15) is 0 Å². The normalized spacial score (nSPS) is 19.1. The number of ether oxygens (including phenoxy) is 2. The maximum atomic E-state index is 13.0. The number of carbonyl (C=O) groups excluding carboxylic acids is 1. The lowest BCUT2D eigenvalue weighted by molar-refractivity contribution is 0.122. The second-order valence-electron chi connectivity index (χ2n) is 7.88. The predicted octanol–water partition coefficient (Wildman–Crippen LogP) is 3.47. The molecule has 4 rings (SSSR count). The highest BCUT2D eigenvalue weighted by atomic mass is 16.5. The van der Waals surface area contributed by atoms with Crippen molar-refractivity contribution in [3.05, 3.63) is 47.7 Å². The number of anilines is 2. The topological polar surface area (TPSA) is 66.9 Å². The number of pyridine rings is 1. The van der Waals surface area contributed by atoms with Crippen LogP contribution in [0.15, 0.2) is 36.4 Å². The highest BCUT2D eigenvalue weighted by Crippen LogP contribution is 2.25. The van der Waals surface area contributed by atoms with Crippen molar-refractivity contribution in [1.82, 2.24) is 9.88 Å². The molecule has 160 valence electrons. The number of hydrogen-bond donors (Lipinski definition) is 1. The van der Waals surface area contributed by atoms with E-state index in [1.807, 2.05) is 42.2 Å². The molecular weight excluding hydrogens is 380 g/mol. The molecule has 0 radical (unpaired) electrons. The number of benzene rings is 1. The van der Waals surface area contributed by atoms with Crippen LogP contribution < -0.4 is 15.0 Å². The van der Waals surface area contributed by atoms with Gasteiger partial charge in [0.2, 0.25) is 0 Å². The van der Waals surface area contributed by atoms with Crippen LogP contribution in [0.3, 0.4) is 0 Å². The summed E-state index contributed by atoms with van der Waals surface area (Å²) >= 11 is 0. The van der Waals surface area contributed by atoms with Gasteiger partial charge in [-0.25, -0.2) is 9.78 Å². The Labute approximate surface area is 178 Å². The number of carbonyl (C=O) groups is 1. The molecular formula is C23H30N4O3. The fourth-order valence-corrected chi connectivity index (χ4v) is 4.22. The summed E-state index contributed by atoms with van der Waals surface area (Å²) in [6.45, 7) is 5.86. The molecule has 7 heteroatoms. The molecule has 2 aromatic rings. The molecule has 30 heavy (non-hydrogen) atoms. The van der Waals surface area contributed by atoms with Crippen molar-refractivity contribution in [1.29, 1.82) is 0 Å². The summed E-state index contributed by atoms with van der Waals surface area (Å²) in [5, 5.41) is 3.08. The van der Waals surface area contributed by atoms with E-state index in [4.69, 9.17) is 14.5 Å². The second kappa shape index (κ2) is 9.34. The minimum atomic E-state index is -0.0515. The molecule has 1 aromatic heterocycles. The monoisotopic (exact) mass is 410 g/mol. The number of nitrogens with zero attached hydrogens (tertiary/aromatic N) is 3.